The van der Waals surface area contributed by atoms with Gasteiger partial charge in [0.25, 0.3) is 5.91 Å². The summed E-state index contributed by atoms with van der Waals surface area (Å²) in [5, 5.41) is 4.51. The monoisotopic (exact) mass is 428 g/mol. The molecule has 0 saturated heterocycles. The summed E-state index contributed by atoms with van der Waals surface area (Å²) in [6, 6.07) is 14.5. The number of hydrogen-bond acceptors (Lipinski definition) is 4. The van der Waals surface area contributed by atoms with Crippen molar-refractivity contribution in [3.8, 4) is 10.4 Å². The van der Waals surface area contributed by atoms with E-state index < -0.39 is 15.3 Å². The molecule has 0 unspecified atom stereocenters. The van der Waals surface area contributed by atoms with E-state index >= 15 is 0 Å². The maximum atomic E-state index is 12.6. The fourth-order valence-corrected chi connectivity index (χ4v) is 4.30. The standard InChI is InChI=1S/C22H24N2O3S2/c1-14(2)29(26,27)24-19-8-5-17(6-9-19)22(25)23-20-10-7-18(12-16(20)4)21-11-15(3)13-28-21/h5-14,24H,1-4H3,(H,23,25). The summed E-state index contributed by atoms with van der Waals surface area (Å²) in [5.41, 5.74) is 4.97. The van der Waals surface area contributed by atoms with Crippen molar-refractivity contribution < 1.29 is 13.2 Å². The molecule has 0 atom stereocenters. The Bertz CT molecular complexity index is 1130. The van der Waals surface area contributed by atoms with Gasteiger partial charge in [0.1, 0.15) is 0 Å². The molecule has 0 saturated carbocycles. The number of carbonyl (C=O) groups excluding carboxylic acids is 1. The summed E-state index contributed by atoms with van der Waals surface area (Å²) in [4.78, 5) is 13.8. The highest BCUT2D eigenvalue weighted by atomic mass is 32.2. The second-order valence-corrected chi connectivity index (χ2v) is 10.4. The second-order valence-electron chi connectivity index (χ2n) is 7.25. The third-order valence-corrected chi connectivity index (χ3v) is 7.38. The van der Waals surface area contributed by atoms with Crippen molar-refractivity contribution in [3.05, 3.63) is 70.6 Å². The lowest BCUT2D eigenvalue weighted by molar-refractivity contribution is 0.102. The second kappa shape index (κ2) is 8.39. The van der Waals surface area contributed by atoms with Gasteiger partial charge < -0.3 is 5.32 Å². The summed E-state index contributed by atoms with van der Waals surface area (Å²) < 4.78 is 26.4. The number of nitrogens with one attached hydrogen (secondary N) is 2. The molecule has 0 bridgehead atoms. The Balaban J connectivity index is 1.71. The van der Waals surface area contributed by atoms with Crippen LogP contribution in [0.2, 0.25) is 0 Å². The highest BCUT2D eigenvalue weighted by Gasteiger charge is 2.16. The first-order chi connectivity index (χ1) is 13.7. The highest BCUT2D eigenvalue weighted by Crippen LogP contribution is 2.30. The quantitative estimate of drug-likeness (QED) is 0.549. The molecule has 29 heavy (non-hydrogen) atoms. The zero-order valence-corrected chi connectivity index (χ0v) is 18.4. The first-order valence-electron chi connectivity index (χ1n) is 9.25. The molecule has 7 heteroatoms. The smallest absolute Gasteiger partial charge is 0.255 e. The Morgan fingerprint density at radius 2 is 1.69 bits per heavy atom. The predicted molar refractivity (Wildman–Crippen MR) is 121 cm³/mol. The van der Waals surface area contributed by atoms with E-state index in [4.69, 9.17) is 0 Å². The number of hydrogen-bond donors (Lipinski definition) is 2. The van der Waals surface area contributed by atoms with Gasteiger partial charge in [0.2, 0.25) is 10.0 Å². The van der Waals surface area contributed by atoms with Crippen LogP contribution in [-0.2, 0) is 10.0 Å². The topological polar surface area (TPSA) is 75.3 Å². The Morgan fingerprint density at radius 1 is 1.00 bits per heavy atom. The molecule has 2 N–H and O–H groups in total. The van der Waals surface area contributed by atoms with E-state index in [1.807, 2.05) is 19.1 Å². The maximum absolute atomic E-state index is 12.6. The number of anilines is 2. The molecule has 1 heterocycles. The van der Waals surface area contributed by atoms with Gasteiger partial charge in [-0.25, -0.2) is 8.42 Å². The van der Waals surface area contributed by atoms with Gasteiger partial charge >= 0.3 is 0 Å². The number of carbonyl (C=O) groups is 1. The van der Waals surface area contributed by atoms with Gasteiger partial charge in [0.05, 0.1) is 5.25 Å². The van der Waals surface area contributed by atoms with Crippen LogP contribution < -0.4 is 10.0 Å². The summed E-state index contributed by atoms with van der Waals surface area (Å²) >= 11 is 1.70. The Kier molecular flexibility index (Phi) is 6.10. The van der Waals surface area contributed by atoms with Crippen LogP contribution >= 0.6 is 11.3 Å². The van der Waals surface area contributed by atoms with Crippen LogP contribution in [0.1, 0.15) is 35.3 Å². The van der Waals surface area contributed by atoms with Crippen molar-refractivity contribution in [2.24, 2.45) is 0 Å². The molecule has 2 aromatic carbocycles. The van der Waals surface area contributed by atoms with Gasteiger partial charge in [-0.2, -0.15) is 0 Å². The van der Waals surface area contributed by atoms with E-state index in [0.29, 0.717) is 11.3 Å². The minimum absolute atomic E-state index is 0.244. The first-order valence-corrected chi connectivity index (χ1v) is 11.7. The lowest BCUT2D eigenvalue weighted by Gasteiger charge is -2.12. The number of amides is 1. The molecule has 1 amide bonds. The van der Waals surface area contributed by atoms with E-state index in [1.165, 1.54) is 10.4 Å². The van der Waals surface area contributed by atoms with Crippen molar-refractivity contribution in [2.75, 3.05) is 10.0 Å². The molecular formula is C22H24N2O3S2. The summed E-state index contributed by atoms with van der Waals surface area (Å²) in [5.74, 6) is -0.244. The van der Waals surface area contributed by atoms with E-state index in [2.05, 4.69) is 34.5 Å². The molecule has 0 spiro atoms. The Morgan fingerprint density at radius 3 is 2.24 bits per heavy atom. The van der Waals surface area contributed by atoms with E-state index in [-0.39, 0.29) is 5.91 Å². The fourth-order valence-electron chi connectivity index (χ4n) is 2.71. The molecular weight excluding hydrogens is 404 g/mol. The molecule has 0 radical (unpaired) electrons. The minimum atomic E-state index is -3.41. The van der Waals surface area contributed by atoms with Gasteiger partial charge in [-0.15, -0.1) is 11.3 Å². The maximum Gasteiger partial charge on any atom is 0.255 e. The summed E-state index contributed by atoms with van der Waals surface area (Å²) in [6.45, 7) is 7.25. The van der Waals surface area contributed by atoms with E-state index in [1.54, 1.807) is 49.4 Å². The van der Waals surface area contributed by atoms with Crippen LogP contribution in [0.3, 0.4) is 0 Å². The fraction of sp³-hybridized carbons (Fsp3) is 0.227. The average Bonchev–Trinajstić information content (AvgIpc) is 3.10. The number of sulfonamides is 1. The van der Waals surface area contributed by atoms with Crippen LogP contribution in [-0.4, -0.2) is 19.6 Å². The predicted octanol–water partition coefficient (Wildman–Crippen LogP) is 5.43. The number of aryl methyl sites for hydroxylation is 2. The largest absolute Gasteiger partial charge is 0.322 e. The van der Waals surface area contributed by atoms with Gasteiger partial charge in [-0.3, -0.25) is 9.52 Å². The van der Waals surface area contributed by atoms with Crippen molar-refractivity contribution >= 4 is 38.6 Å². The number of rotatable bonds is 6. The SMILES string of the molecule is Cc1csc(-c2ccc(NC(=O)c3ccc(NS(=O)(=O)C(C)C)cc3)c(C)c2)c1. The first kappa shape index (κ1) is 21.1. The van der Waals surface area contributed by atoms with Crippen molar-refractivity contribution in [1.29, 1.82) is 0 Å². The van der Waals surface area contributed by atoms with Crippen molar-refractivity contribution in [3.63, 3.8) is 0 Å². The Labute approximate surface area is 175 Å². The van der Waals surface area contributed by atoms with Gasteiger partial charge in [-0.05, 0) is 92.2 Å². The number of thiophene rings is 1. The van der Waals surface area contributed by atoms with Crippen molar-refractivity contribution in [1.82, 2.24) is 0 Å². The molecule has 0 aliphatic rings. The normalized spacial score (nSPS) is 11.5. The van der Waals surface area contributed by atoms with Crippen LogP contribution in [0.15, 0.2) is 53.9 Å². The van der Waals surface area contributed by atoms with E-state index in [9.17, 15) is 13.2 Å². The third kappa shape index (κ3) is 5.05. The number of benzene rings is 2. The molecule has 3 aromatic rings. The summed E-state index contributed by atoms with van der Waals surface area (Å²) in [7, 11) is -3.41. The third-order valence-electron chi connectivity index (χ3n) is 4.52. The average molecular weight is 429 g/mol. The summed E-state index contributed by atoms with van der Waals surface area (Å²) in [6.07, 6.45) is 0. The molecule has 1 aromatic heterocycles. The molecule has 3 rings (SSSR count). The van der Waals surface area contributed by atoms with Crippen LogP contribution in [0.5, 0.6) is 0 Å². The van der Waals surface area contributed by atoms with Crippen LogP contribution in [0.4, 0.5) is 11.4 Å². The van der Waals surface area contributed by atoms with Gasteiger partial charge in [0.15, 0.2) is 0 Å². The molecule has 0 aliphatic heterocycles. The van der Waals surface area contributed by atoms with Gasteiger partial charge in [-0.1, -0.05) is 6.07 Å². The highest BCUT2D eigenvalue weighted by molar-refractivity contribution is 7.93. The zero-order chi connectivity index (χ0) is 21.2. The lowest BCUT2D eigenvalue weighted by Crippen LogP contribution is -2.22. The lowest BCUT2D eigenvalue weighted by atomic mass is 10.1. The van der Waals surface area contributed by atoms with Crippen molar-refractivity contribution in [2.45, 2.75) is 32.9 Å². The van der Waals surface area contributed by atoms with Gasteiger partial charge in [0, 0.05) is 21.8 Å². The minimum Gasteiger partial charge on any atom is -0.322 e. The molecule has 0 fully saturated rings. The Hall–Kier alpha value is -2.64. The van der Waals surface area contributed by atoms with Crippen LogP contribution in [0.25, 0.3) is 10.4 Å². The van der Waals surface area contributed by atoms with Crippen LogP contribution in [0, 0.1) is 13.8 Å². The molecule has 0 aliphatic carbocycles. The molecule has 5 nitrogen and oxygen atoms in total. The van der Waals surface area contributed by atoms with E-state index in [0.717, 1.165) is 16.8 Å². The molecule has 152 valence electrons. The zero-order valence-electron chi connectivity index (χ0n) is 16.8.